The fourth-order valence-electron chi connectivity index (χ4n) is 2.15. The second-order valence-electron chi connectivity index (χ2n) is 4.71. The van der Waals surface area contributed by atoms with Gasteiger partial charge in [-0.3, -0.25) is 0 Å². The van der Waals surface area contributed by atoms with E-state index in [9.17, 15) is 4.79 Å². The first kappa shape index (κ1) is 14.3. The lowest BCUT2D eigenvalue weighted by Crippen LogP contribution is -2.48. The van der Waals surface area contributed by atoms with E-state index in [0.717, 1.165) is 32.5 Å². The van der Waals surface area contributed by atoms with E-state index in [1.165, 1.54) is 11.3 Å². The zero-order chi connectivity index (χ0) is 12.7. The molecule has 1 heterocycles. The number of rotatable bonds is 5. The fraction of sp³-hybridized carbons (Fsp3) is 0.917. The van der Waals surface area contributed by atoms with Crippen LogP contribution in [0.4, 0.5) is 4.79 Å². The molecule has 2 amide bonds. The number of aliphatic hydroxyl groups excluding tert-OH is 1. The molecule has 0 radical (unpaired) electrons. The first-order valence-electron chi connectivity index (χ1n) is 6.52. The van der Waals surface area contributed by atoms with Crippen molar-refractivity contribution >= 4 is 6.03 Å². The van der Waals surface area contributed by atoms with Crippen LogP contribution in [-0.4, -0.2) is 66.8 Å². The summed E-state index contributed by atoms with van der Waals surface area (Å²) in [4.78, 5) is 15.7. The molecule has 0 atom stereocenters. The minimum Gasteiger partial charge on any atom is -0.395 e. The molecule has 5 heteroatoms. The summed E-state index contributed by atoms with van der Waals surface area (Å²) in [5, 5.41) is 11.8. The molecular weight excluding hydrogens is 218 g/mol. The highest BCUT2D eigenvalue weighted by atomic mass is 16.3. The molecule has 0 bridgehead atoms. The molecule has 0 unspecified atom stereocenters. The zero-order valence-corrected chi connectivity index (χ0v) is 11.0. The van der Waals surface area contributed by atoms with Crippen LogP contribution in [0.3, 0.4) is 0 Å². The second-order valence-corrected chi connectivity index (χ2v) is 4.71. The minimum atomic E-state index is -0.0759. The first-order valence-corrected chi connectivity index (χ1v) is 6.52. The SMILES string of the molecule is CCCN1CCC(NC(=O)N(C)CCO)CC1. The van der Waals surface area contributed by atoms with E-state index in [4.69, 9.17) is 5.11 Å². The van der Waals surface area contributed by atoms with Crippen molar-refractivity contribution in [3.63, 3.8) is 0 Å². The minimum absolute atomic E-state index is 0.0128. The third kappa shape index (κ3) is 4.91. The predicted molar refractivity (Wildman–Crippen MR) is 68.0 cm³/mol. The van der Waals surface area contributed by atoms with Gasteiger partial charge in [0.05, 0.1) is 6.61 Å². The number of amides is 2. The van der Waals surface area contributed by atoms with Crippen molar-refractivity contribution in [1.82, 2.24) is 15.1 Å². The van der Waals surface area contributed by atoms with Crippen LogP contribution in [0, 0.1) is 0 Å². The molecule has 1 fully saturated rings. The predicted octanol–water partition coefficient (Wildman–Crippen LogP) is 0.494. The molecule has 0 aromatic carbocycles. The van der Waals surface area contributed by atoms with Crippen LogP contribution in [0.2, 0.25) is 0 Å². The smallest absolute Gasteiger partial charge is 0.317 e. The Balaban J connectivity index is 2.23. The van der Waals surface area contributed by atoms with Crippen molar-refractivity contribution in [3.05, 3.63) is 0 Å². The molecule has 0 saturated carbocycles. The van der Waals surface area contributed by atoms with E-state index in [1.54, 1.807) is 7.05 Å². The quantitative estimate of drug-likeness (QED) is 0.739. The summed E-state index contributed by atoms with van der Waals surface area (Å²) in [7, 11) is 1.71. The van der Waals surface area contributed by atoms with Gasteiger partial charge in [0, 0.05) is 32.7 Å². The molecule has 2 N–H and O–H groups in total. The molecule has 0 aliphatic carbocycles. The van der Waals surface area contributed by atoms with E-state index in [2.05, 4.69) is 17.1 Å². The molecule has 5 nitrogen and oxygen atoms in total. The topological polar surface area (TPSA) is 55.8 Å². The van der Waals surface area contributed by atoms with Gasteiger partial charge in [-0.1, -0.05) is 6.92 Å². The van der Waals surface area contributed by atoms with Crippen molar-refractivity contribution in [1.29, 1.82) is 0 Å². The molecule has 1 aliphatic heterocycles. The number of likely N-dealkylation sites (tertiary alicyclic amines) is 1. The molecule has 0 aromatic heterocycles. The van der Waals surface area contributed by atoms with Crippen LogP contribution in [-0.2, 0) is 0 Å². The highest BCUT2D eigenvalue weighted by molar-refractivity contribution is 5.74. The summed E-state index contributed by atoms with van der Waals surface area (Å²) >= 11 is 0. The highest BCUT2D eigenvalue weighted by Crippen LogP contribution is 2.10. The van der Waals surface area contributed by atoms with Gasteiger partial charge in [-0.05, 0) is 25.8 Å². The molecule has 17 heavy (non-hydrogen) atoms. The standard InChI is InChI=1S/C12H25N3O2/c1-3-6-15-7-4-11(5-8-15)13-12(17)14(2)9-10-16/h11,16H,3-10H2,1-2H3,(H,13,17). The van der Waals surface area contributed by atoms with Gasteiger partial charge in [-0.15, -0.1) is 0 Å². The Labute approximate surface area is 104 Å². The highest BCUT2D eigenvalue weighted by Gasteiger charge is 2.21. The molecule has 1 saturated heterocycles. The summed E-state index contributed by atoms with van der Waals surface area (Å²) in [6.45, 7) is 5.90. The monoisotopic (exact) mass is 243 g/mol. The van der Waals surface area contributed by atoms with Crippen LogP contribution in [0.5, 0.6) is 0 Å². The van der Waals surface area contributed by atoms with Crippen LogP contribution in [0.15, 0.2) is 0 Å². The van der Waals surface area contributed by atoms with Crippen molar-refractivity contribution < 1.29 is 9.90 Å². The van der Waals surface area contributed by atoms with Crippen LogP contribution < -0.4 is 5.32 Å². The maximum atomic E-state index is 11.7. The average Bonchev–Trinajstić information content (AvgIpc) is 2.32. The Morgan fingerprint density at radius 2 is 2.12 bits per heavy atom. The van der Waals surface area contributed by atoms with E-state index >= 15 is 0 Å². The maximum Gasteiger partial charge on any atom is 0.317 e. The Morgan fingerprint density at radius 3 is 2.65 bits per heavy atom. The number of nitrogens with zero attached hydrogens (tertiary/aromatic N) is 2. The summed E-state index contributed by atoms with van der Waals surface area (Å²) < 4.78 is 0. The van der Waals surface area contributed by atoms with Gasteiger partial charge >= 0.3 is 6.03 Å². The number of urea groups is 1. The van der Waals surface area contributed by atoms with Crippen molar-refractivity contribution in [2.24, 2.45) is 0 Å². The van der Waals surface area contributed by atoms with E-state index in [-0.39, 0.29) is 18.7 Å². The Bertz CT molecular complexity index is 228. The lowest BCUT2D eigenvalue weighted by molar-refractivity contribution is 0.169. The van der Waals surface area contributed by atoms with Gasteiger partial charge in [-0.25, -0.2) is 4.79 Å². The van der Waals surface area contributed by atoms with E-state index in [0.29, 0.717) is 6.54 Å². The number of hydrogen-bond acceptors (Lipinski definition) is 3. The lowest BCUT2D eigenvalue weighted by Gasteiger charge is -2.32. The van der Waals surface area contributed by atoms with Gasteiger partial charge in [0.25, 0.3) is 0 Å². The maximum absolute atomic E-state index is 11.7. The summed E-state index contributed by atoms with van der Waals surface area (Å²) in [5.74, 6) is 0. The van der Waals surface area contributed by atoms with Crippen molar-refractivity contribution in [2.45, 2.75) is 32.2 Å². The Hall–Kier alpha value is -0.810. The van der Waals surface area contributed by atoms with Crippen LogP contribution in [0.25, 0.3) is 0 Å². The normalized spacial score (nSPS) is 18.1. The third-order valence-corrected chi connectivity index (χ3v) is 3.24. The number of aliphatic hydroxyl groups is 1. The van der Waals surface area contributed by atoms with Crippen LogP contribution in [0.1, 0.15) is 26.2 Å². The second kappa shape index (κ2) is 7.50. The number of carbonyl (C=O) groups is 1. The van der Waals surface area contributed by atoms with Gasteiger partial charge < -0.3 is 20.2 Å². The molecule has 100 valence electrons. The van der Waals surface area contributed by atoms with Crippen molar-refractivity contribution in [3.8, 4) is 0 Å². The van der Waals surface area contributed by atoms with Crippen molar-refractivity contribution in [2.75, 3.05) is 39.8 Å². The summed E-state index contributed by atoms with van der Waals surface area (Å²) in [6.07, 6.45) is 3.24. The fourth-order valence-corrected chi connectivity index (χ4v) is 2.15. The zero-order valence-electron chi connectivity index (χ0n) is 11.0. The van der Waals surface area contributed by atoms with Gasteiger partial charge in [-0.2, -0.15) is 0 Å². The molecular formula is C12H25N3O2. The number of hydrogen-bond donors (Lipinski definition) is 2. The first-order chi connectivity index (χ1) is 8.17. The number of piperidine rings is 1. The Morgan fingerprint density at radius 1 is 1.47 bits per heavy atom. The van der Waals surface area contributed by atoms with Gasteiger partial charge in [0.2, 0.25) is 0 Å². The molecule has 0 spiro atoms. The van der Waals surface area contributed by atoms with E-state index < -0.39 is 0 Å². The van der Waals surface area contributed by atoms with Gasteiger partial charge in [0.1, 0.15) is 0 Å². The van der Waals surface area contributed by atoms with Gasteiger partial charge in [0.15, 0.2) is 0 Å². The summed E-state index contributed by atoms with van der Waals surface area (Å²) in [6, 6.07) is 0.213. The number of likely N-dealkylation sites (N-methyl/N-ethyl adjacent to an activating group) is 1. The molecule has 1 rings (SSSR count). The van der Waals surface area contributed by atoms with E-state index in [1.807, 2.05) is 0 Å². The Kier molecular flexibility index (Phi) is 6.29. The largest absolute Gasteiger partial charge is 0.395 e. The molecule has 1 aliphatic rings. The number of nitrogens with one attached hydrogen (secondary N) is 1. The summed E-state index contributed by atoms with van der Waals surface area (Å²) in [5.41, 5.74) is 0. The average molecular weight is 243 g/mol. The third-order valence-electron chi connectivity index (χ3n) is 3.24. The lowest BCUT2D eigenvalue weighted by atomic mass is 10.1. The molecule has 0 aromatic rings. The van der Waals surface area contributed by atoms with Crippen LogP contribution >= 0.6 is 0 Å². The number of carbonyl (C=O) groups excluding carboxylic acids is 1.